The normalized spacial score (nSPS) is 13.6. The lowest BCUT2D eigenvalue weighted by molar-refractivity contribution is -0.142. The molecule has 0 bridgehead atoms. The summed E-state index contributed by atoms with van der Waals surface area (Å²) < 4.78 is 11.4. The van der Waals surface area contributed by atoms with Gasteiger partial charge in [0, 0.05) is 29.2 Å². The standard InChI is InChI=1S/C27H35N5O8S/c1-41(40)12-11-21(27(38)39)32-26(37)22(14-17-5-3-2-4-6-17)31-24(35)16-29-23(34)15-30-25(36)20(28)13-18-7-9-19(33)10-8-18/h2-10,20-22,33H,11-16,28H2,1H3,(H,29,34)(H,30,36)(H,31,35)(H,32,37)(H,38,39). The van der Waals surface area contributed by atoms with Crippen LogP contribution >= 0.6 is 0 Å². The van der Waals surface area contributed by atoms with Gasteiger partial charge in [0.1, 0.15) is 17.8 Å². The number of carboxylic acid groups (broad SMARTS) is 1. The number of hydrogen-bond acceptors (Lipinski definition) is 8. The summed E-state index contributed by atoms with van der Waals surface area (Å²) in [6.07, 6.45) is 1.59. The molecule has 2 rings (SSSR count). The van der Waals surface area contributed by atoms with Crippen molar-refractivity contribution >= 4 is 40.4 Å². The lowest BCUT2D eigenvalue weighted by Gasteiger charge is -2.22. The summed E-state index contributed by atoms with van der Waals surface area (Å²) in [5.74, 6) is -3.88. The molecule has 4 amide bonds. The summed E-state index contributed by atoms with van der Waals surface area (Å²) in [4.78, 5) is 61.5. The highest BCUT2D eigenvalue weighted by Crippen LogP contribution is 2.11. The average molecular weight is 590 g/mol. The molecule has 14 heteroatoms. The highest BCUT2D eigenvalue weighted by molar-refractivity contribution is 7.84. The van der Waals surface area contributed by atoms with Gasteiger partial charge in [-0.25, -0.2) is 4.79 Å². The molecule has 0 aliphatic carbocycles. The van der Waals surface area contributed by atoms with Gasteiger partial charge >= 0.3 is 5.97 Å². The Kier molecular flexibility index (Phi) is 13.4. The van der Waals surface area contributed by atoms with Gasteiger partial charge in [0.15, 0.2) is 0 Å². The quantitative estimate of drug-likeness (QED) is 0.122. The molecule has 41 heavy (non-hydrogen) atoms. The number of nitrogens with two attached hydrogens (primary N) is 1. The summed E-state index contributed by atoms with van der Waals surface area (Å²) in [6, 6.07) is 11.5. The maximum absolute atomic E-state index is 12.9. The fraction of sp³-hybridized carbons (Fsp3) is 0.370. The van der Waals surface area contributed by atoms with E-state index >= 15 is 0 Å². The van der Waals surface area contributed by atoms with Crippen LogP contribution in [0.4, 0.5) is 0 Å². The Labute approximate surface area is 239 Å². The smallest absolute Gasteiger partial charge is 0.326 e. The zero-order chi connectivity index (χ0) is 30.4. The molecule has 222 valence electrons. The molecular weight excluding hydrogens is 554 g/mol. The Morgan fingerprint density at radius 3 is 2.02 bits per heavy atom. The van der Waals surface area contributed by atoms with Gasteiger partial charge in [0.25, 0.3) is 0 Å². The van der Waals surface area contributed by atoms with Gasteiger partial charge in [-0.1, -0.05) is 42.5 Å². The lowest BCUT2D eigenvalue weighted by atomic mass is 10.0. The molecule has 0 aromatic heterocycles. The predicted octanol–water partition coefficient (Wildman–Crippen LogP) is -1.44. The molecule has 0 saturated heterocycles. The Hall–Kier alpha value is -4.30. The zero-order valence-electron chi connectivity index (χ0n) is 22.5. The van der Waals surface area contributed by atoms with Crippen LogP contribution in [0, 0.1) is 0 Å². The highest BCUT2D eigenvalue weighted by Gasteiger charge is 2.27. The van der Waals surface area contributed by atoms with E-state index in [1.807, 2.05) is 0 Å². The van der Waals surface area contributed by atoms with E-state index in [1.54, 1.807) is 42.5 Å². The van der Waals surface area contributed by atoms with E-state index in [9.17, 15) is 38.4 Å². The monoisotopic (exact) mass is 589 g/mol. The number of carboxylic acids is 1. The van der Waals surface area contributed by atoms with E-state index in [-0.39, 0.29) is 30.8 Å². The average Bonchev–Trinajstić information content (AvgIpc) is 2.93. The molecule has 2 aromatic rings. The van der Waals surface area contributed by atoms with E-state index in [1.165, 1.54) is 18.4 Å². The molecule has 0 aliphatic rings. The van der Waals surface area contributed by atoms with Crippen LogP contribution in [0.3, 0.4) is 0 Å². The van der Waals surface area contributed by atoms with Crippen molar-refractivity contribution in [3.63, 3.8) is 0 Å². The molecule has 0 fully saturated rings. The van der Waals surface area contributed by atoms with Crippen LogP contribution < -0.4 is 27.0 Å². The first-order valence-corrected chi connectivity index (χ1v) is 14.4. The van der Waals surface area contributed by atoms with Crippen molar-refractivity contribution < 1.29 is 38.4 Å². The van der Waals surface area contributed by atoms with Crippen molar-refractivity contribution in [1.82, 2.24) is 21.3 Å². The van der Waals surface area contributed by atoms with Crippen LogP contribution in [0.1, 0.15) is 17.5 Å². The molecule has 0 saturated carbocycles. The number of phenolic OH excluding ortho intramolecular Hbond substituents is 1. The number of benzene rings is 2. The Morgan fingerprint density at radius 1 is 0.805 bits per heavy atom. The number of rotatable bonds is 16. The van der Waals surface area contributed by atoms with Crippen LogP contribution in [-0.4, -0.2) is 87.2 Å². The Bertz CT molecular complexity index is 1230. The minimum Gasteiger partial charge on any atom is -0.508 e. The molecule has 4 unspecified atom stereocenters. The number of nitrogens with one attached hydrogen (secondary N) is 4. The molecule has 0 radical (unpaired) electrons. The number of carbonyl (C=O) groups is 5. The first kappa shape index (κ1) is 32.9. The van der Waals surface area contributed by atoms with E-state index < -0.39 is 71.6 Å². The first-order valence-electron chi connectivity index (χ1n) is 12.7. The SMILES string of the molecule is CS(=O)CCC(NC(=O)C(Cc1ccccc1)NC(=O)CNC(=O)CNC(=O)C(N)Cc1ccc(O)cc1)C(=O)O. The largest absolute Gasteiger partial charge is 0.508 e. The maximum atomic E-state index is 12.9. The third kappa shape index (κ3) is 12.6. The topological polar surface area (TPSA) is 217 Å². The number of aliphatic carboxylic acids is 1. The van der Waals surface area contributed by atoms with E-state index in [0.29, 0.717) is 5.56 Å². The number of phenols is 1. The number of carbonyl (C=O) groups excluding carboxylic acids is 4. The molecule has 2 aromatic carbocycles. The molecule has 0 spiro atoms. The minimum absolute atomic E-state index is 0.0490. The van der Waals surface area contributed by atoms with Gasteiger partial charge in [-0.2, -0.15) is 0 Å². The van der Waals surface area contributed by atoms with E-state index in [4.69, 9.17) is 5.73 Å². The molecule has 0 aliphatic heterocycles. The zero-order valence-corrected chi connectivity index (χ0v) is 23.3. The second kappa shape index (κ2) is 16.7. The summed E-state index contributed by atoms with van der Waals surface area (Å²) in [5, 5.41) is 28.4. The van der Waals surface area contributed by atoms with Gasteiger partial charge < -0.3 is 37.2 Å². The highest BCUT2D eigenvalue weighted by atomic mass is 32.2. The second-order valence-electron chi connectivity index (χ2n) is 9.25. The van der Waals surface area contributed by atoms with Crippen molar-refractivity contribution in [1.29, 1.82) is 0 Å². The van der Waals surface area contributed by atoms with Crippen LogP contribution in [0.2, 0.25) is 0 Å². The predicted molar refractivity (Wildman–Crippen MR) is 151 cm³/mol. The van der Waals surface area contributed by atoms with Crippen molar-refractivity contribution in [3.8, 4) is 5.75 Å². The first-order chi connectivity index (χ1) is 19.4. The van der Waals surface area contributed by atoms with Crippen molar-refractivity contribution in [3.05, 3.63) is 65.7 Å². The maximum Gasteiger partial charge on any atom is 0.326 e. The van der Waals surface area contributed by atoms with Gasteiger partial charge in [-0.3, -0.25) is 23.4 Å². The van der Waals surface area contributed by atoms with Gasteiger partial charge in [-0.05, 0) is 36.1 Å². The third-order valence-electron chi connectivity index (χ3n) is 5.84. The van der Waals surface area contributed by atoms with Gasteiger partial charge in [-0.15, -0.1) is 0 Å². The van der Waals surface area contributed by atoms with Crippen molar-refractivity contribution in [2.24, 2.45) is 5.73 Å². The third-order valence-corrected chi connectivity index (χ3v) is 6.65. The van der Waals surface area contributed by atoms with Crippen LogP contribution in [-0.2, 0) is 47.6 Å². The van der Waals surface area contributed by atoms with Gasteiger partial charge in [0.2, 0.25) is 23.6 Å². The summed E-state index contributed by atoms with van der Waals surface area (Å²) in [6.45, 7) is -0.952. The number of aromatic hydroxyl groups is 1. The summed E-state index contributed by atoms with van der Waals surface area (Å²) in [7, 11) is -1.26. The second-order valence-corrected chi connectivity index (χ2v) is 10.8. The molecular formula is C27H35N5O8S. The van der Waals surface area contributed by atoms with Crippen molar-refractivity contribution in [2.75, 3.05) is 25.1 Å². The van der Waals surface area contributed by atoms with E-state index in [2.05, 4.69) is 21.3 Å². The Balaban J connectivity index is 1.89. The fourth-order valence-electron chi connectivity index (χ4n) is 3.64. The lowest BCUT2D eigenvalue weighted by Crippen LogP contribution is -2.54. The number of amides is 4. The molecule has 13 nitrogen and oxygen atoms in total. The van der Waals surface area contributed by atoms with Crippen LogP contribution in [0.15, 0.2) is 54.6 Å². The fourth-order valence-corrected chi connectivity index (χ4v) is 4.20. The van der Waals surface area contributed by atoms with Gasteiger partial charge in [0.05, 0.1) is 19.1 Å². The van der Waals surface area contributed by atoms with Crippen LogP contribution in [0.25, 0.3) is 0 Å². The van der Waals surface area contributed by atoms with Crippen LogP contribution in [0.5, 0.6) is 5.75 Å². The summed E-state index contributed by atoms with van der Waals surface area (Å²) >= 11 is 0. The van der Waals surface area contributed by atoms with E-state index in [0.717, 1.165) is 5.56 Å². The van der Waals surface area contributed by atoms with Crippen molar-refractivity contribution in [2.45, 2.75) is 37.4 Å². The molecule has 4 atom stereocenters. The molecule has 0 heterocycles. The molecule has 8 N–H and O–H groups in total. The minimum atomic E-state index is -1.30. The summed E-state index contributed by atoms with van der Waals surface area (Å²) in [5.41, 5.74) is 7.29. The Morgan fingerprint density at radius 2 is 1.41 bits per heavy atom. The number of hydrogen-bond donors (Lipinski definition) is 7.